The number of carbonyl (C=O) groups is 13. The summed E-state index contributed by atoms with van der Waals surface area (Å²) < 4.78 is 5.92. The van der Waals surface area contributed by atoms with E-state index in [1.54, 1.807) is 60.6 Å². The molecule has 1 aliphatic heterocycles. The predicted octanol–water partition coefficient (Wildman–Crippen LogP) is 3.02. The van der Waals surface area contributed by atoms with Gasteiger partial charge < -0.3 is 65.1 Å². The second-order valence-corrected chi connectivity index (χ2v) is 26.3. The molecule has 89 heavy (non-hydrogen) atoms. The molecule has 11 amide bonds. The Morgan fingerprint density at radius 2 is 0.921 bits per heavy atom. The molecule has 0 aromatic heterocycles. The fourth-order valence-corrected chi connectivity index (χ4v) is 11.2. The van der Waals surface area contributed by atoms with Gasteiger partial charge in [-0.3, -0.25) is 57.5 Å². The van der Waals surface area contributed by atoms with Crippen LogP contribution in [-0.4, -0.2) is 233 Å². The van der Waals surface area contributed by atoms with Crippen LogP contribution in [0.4, 0.5) is 0 Å². The van der Waals surface area contributed by atoms with Gasteiger partial charge in [0.1, 0.15) is 78.9 Å². The number of likely N-dealkylation sites (N-methyl/N-ethyl adjacent to an activating group) is 7. The Bertz CT molecular complexity index is 2520. The second-order valence-electron chi connectivity index (χ2n) is 26.3. The molecule has 0 saturated carbocycles. The van der Waals surface area contributed by atoms with Gasteiger partial charge in [0.25, 0.3) is 0 Å². The van der Waals surface area contributed by atoms with Crippen LogP contribution in [0.5, 0.6) is 0 Å². The highest BCUT2D eigenvalue weighted by Crippen LogP contribution is 2.27. The van der Waals surface area contributed by atoms with Crippen molar-refractivity contribution in [2.75, 3.05) is 49.3 Å². The number of esters is 1. The van der Waals surface area contributed by atoms with E-state index in [1.807, 2.05) is 41.5 Å². The van der Waals surface area contributed by atoms with Crippen molar-refractivity contribution in [2.24, 2.45) is 41.4 Å². The van der Waals surface area contributed by atoms with Gasteiger partial charge >= 0.3 is 5.97 Å². The van der Waals surface area contributed by atoms with Crippen LogP contribution in [0.3, 0.4) is 0 Å². The molecule has 0 spiro atoms. The van der Waals surface area contributed by atoms with Crippen molar-refractivity contribution < 1.29 is 67.1 Å². The minimum Gasteiger partial charge on any atom is -0.459 e. The van der Waals surface area contributed by atoms with Crippen molar-refractivity contribution >= 4 is 77.2 Å². The number of hydrogen-bond acceptors (Lipinski definition) is 14. The van der Waals surface area contributed by atoms with Crippen molar-refractivity contribution in [3.63, 3.8) is 0 Å². The van der Waals surface area contributed by atoms with Gasteiger partial charge in [-0.1, -0.05) is 102 Å². The summed E-state index contributed by atoms with van der Waals surface area (Å²) in [4.78, 5) is 195. The fraction of sp³-hybridized carbons (Fsp3) is 0.766. The largest absolute Gasteiger partial charge is 0.459 e. The standard InChI is InChI=1S/C64H111N11O14/c1-26-28-29-39(13)53(89-44(18)77)52-57(81)67-45(27-2)60(84)69(19)43(17)59(83)74(24)51(40(14)33-76)56(80)68-49(37(9)10)63(87)70(20)46(30-34(3)4)55(79)65-41(15)54(78)66-42(16)58(82)71(21)47(31-35(5)6)61(85)72(22)48(32-36(7)8)62(86)73(23)50(38(11)12)64(88)75(52)25/h26,28,33-43,45-53H,27,29-32H2,1-25H3,(H,65,79)(H,66,78)(H,67,81)(H,68,80)/b28-26+/t39-,40-,41+,42-,43-,45+,46?,47+,48+,49+,50+,51+,52+,53-/m1/s1. The number of amides is 11. The first-order valence-electron chi connectivity index (χ1n) is 31.4. The summed E-state index contributed by atoms with van der Waals surface area (Å²) in [6, 6.07) is -14.7. The van der Waals surface area contributed by atoms with Crippen molar-refractivity contribution in [2.45, 2.75) is 229 Å². The molecule has 1 rings (SSSR count). The average molecular weight is 1260 g/mol. The number of nitrogens with zero attached hydrogens (tertiary/aromatic N) is 7. The summed E-state index contributed by atoms with van der Waals surface area (Å²) in [6.45, 7) is 29.7. The molecule has 1 heterocycles. The summed E-state index contributed by atoms with van der Waals surface area (Å²) in [7, 11) is 9.57. The van der Waals surface area contributed by atoms with Crippen molar-refractivity contribution in [3.8, 4) is 0 Å². The SMILES string of the molecule is C/C=C/C[C@@H](C)[C@@H](OC(C)=O)[C@H]1C(=O)N[C@@H](CC)C(=O)N(C)[C@H](C)C(=O)N(C)[C@@H]([C@H](C)C=O)C(=O)N[C@@H](C(C)C)C(=O)N(C)C(CC(C)C)C(=O)N[C@@H](C)C(=O)N[C@H](C)C(=O)N(C)[C@@H](CC(C)C)C(=O)N(C)[C@@H](CC(C)C)C(=O)N(C)[C@@H](C(C)C)C(=O)N1C. The van der Waals surface area contributed by atoms with Gasteiger partial charge in [0.2, 0.25) is 65.0 Å². The van der Waals surface area contributed by atoms with E-state index in [2.05, 4.69) is 21.3 Å². The Balaban J connectivity index is 4.50. The van der Waals surface area contributed by atoms with Crippen LogP contribution >= 0.6 is 0 Å². The summed E-state index contributed by atoms with van der Waals surface area (Å²) >= 11 is 0. The van der Waals surface area contributed by atoms with Crippen LogP contribution in [0.25, 0.3) is 0 Å². The Kier molecular flexibility index (Phi) is 32.4. The molecule has 0 bridgehead atoms. The normalized spacial score (nSPS) is 27.2. The van der Waals surface area contributed by atoms with E-state index in [9.17, 15) is 43.2 Å². The van der Waals surface area contributed by atoms with E-state index in [-0.39, 0.29) is 49.9 Å². The molecular weight excluding hydrogens is 1150 g/mol. The zero-order valence-electron chi connectivity index (χ0n) is 58.1. The van der Waals surface area contributed by atoms with Crippen molar-refractivity contribution in [1.82, 2.24) is 55.6 Å². The third kappa shape index (κ3) is 21.6. The Morgan fingerprint density at radius 1 is 0.483 bits per heavy atom. The van der Waals surface area contributed by atoms with E-state index in [1.165, 1.54) is 91.7 Å². The highest BCUT2D eigenvalue weighted by Gasteiger charge is 2.47. The Labute approximate surface area is 530 Å². The Hall–Kier alpha value is -6.95. The number of aldehydes is 1. The zero-order chi connectivity index (χ0) is 69.1. The lowest BCUT2D eigenvalue weighted by molar-refractivity contribution is -0.164. The number of carbonyl (C=O) groups excluding carboxylic acids is 13. The predicted molar refractivity (Wildman–Crippen MR) is 338 cm³/mol. The molecule has 1 unspecified atom stereocenters. The maximum atomic E-state index is 15.4. The fourth-order valence-electron chi connectivity index (χ4n) is 11.2. The van der Waals surface area contributed by atoms with E-state index in [4.69, 9.17) is 4.74 Å². The summed E-state index contributed by atoms with van der Waals surface area (Å²) in [6.07, 6.45) is 3.24. The van der Waals surface area contributed by atoms with Crippen LogP contribution in [-0.2, 0) is 67.1 Å². The molecular formula is C64H111N11O14. The topological polar surface area (TPSA) is 302 Å². The minimum absolute atomic E-state index is 0.0568. The third-order valence-electron chi connectivity index (χ3n) is 16.8. The monoisotopic (exact) mass is 1260 g/mol. The van der Waals surface area contributed by atoms with E-state index < -0.39 is 167 Å². The maximum absolute atomic E-state index is 15.4. The van der Waals surface area contributed by atoms with E-state index >= 15 is 19.2 Å². The first kappa shape index (κ1) is 80.1. The molecule has 4 N–H and O–H groups in total. The summed E-state index contributed by atoms with van der Waals surface area (Å²) in [5, 5.41) is 10.8. The van der Waals surface area contributed by atoms with Gasteiger partial charge in [-0.05, 0) is 95.3 Å². The van der Waals surface area contributed by atoms with E-state index in [0.29, 0.717) is 6.29 Å². The van der Waals surface area contributed by atoms with Crippen molar-refractivity contribution in [3.05, 3.63) is 12.2 Å². The highest BCUT2D eigenvalue weighted by atomic mass is 16.5. The van der Waals surface area contributed by atoms with Crippen molar-refractivity contribution in [1.29, 1.82) is 0 Å². The maximum Gasteiger partial charge on any atom is 0.303 e. The molecule has 1 aliphatic rings. The van der Waals surface area contributed by atoms with Gasteiger partial charge in [-0.25, -0.2) is 0 Å². The molecule has 1 saturated heterocycles. The Morgan fingerprint density at radius 3 is 1.37 bits per heavy atom. The zero-order valence-corrected chi connectivity index (χ0v) is 58.1. The first-order valence-corrected chi connectivity index (χ1v) is 31.4. The quantitative estimate of drug-likeness (QED) is 0.0982. The molecule has 1 fully saturated rings. The van der Waals surface area contributed by atoms with Crippen LogP contribution in [0.1, 0.15) is 157 Å². The van der Waals surface area contributed by atoms with Crippen LogP contribution < -0.4 is 21.3 Å². The molecule has 0 aromatic carbocycles. The first-order chi connectivity index (χ1) is 41.1. The molecule has 0 radical (unpaired) electrons. The number of rotatable bonds is 16. The number of ether oxygens (including phenoxy) is 1. The second kappa shape index (κ2) is 36.0. The lowest BCUT2D eigenvalue weighted by Crippen LogP contribution is -2.64. The average Bonchev–Trinajstić information content (AvgIpc) is 0.924. The number of hydrogen-bond donors (Lipinski definition) is 4. The third-order valence-corrected chi connectivity index (χ3v) is 16.8. The highest BCUT2D eigenvalue weighted by molar-refractivity contribution is 6.00. The molecule has 506 valence electrons. The van der Waals surface area contributed by atoms with Gasteiger partial charge in [0.05, 0.1) is 0 Å². The number of nitrogens with one attached hydrogen (secondary N) is 4. The van der Waals surface area contributed by atoms with Crippen LogP contribution in [0, 0.1) is 41.4 Å². The summed E-state index contributed by atoms with van der Waals surface area (Å²) in [5.41, 5.74) is 0. The van der Waals surface area contributed by atoms with E-state index in [0.717, 1.165) is 26.5 Å². The smallest absolute Gasteiger partial charge is 0.303 e. The summed E-state index contributed by atoms with van der Waals surface area (Å²) in [5.74, 6) is -12.7. The van der Waals surface area contributed by atoms with Gasteiger partial charge in [0.15, 0.2) is 0 Å². The lowest BCUT2D eigenvalue weighted by atomic mass is 9.91. The minimum atomic E-state index is -1.65. The number of allylic oxidation sites excluding steroid dienone is 2. The van der Waals surface area contributed by atoms with Crippen LogP contribution in [0.2, 0.25) is 0 Å². The molecule has 0 aromatic rings. The molecule has 0 aliphatic carbocycles. The van der Waals surface area contributed by atoms with Gasteiger partial charge in [0, 0.05) is 62.2 Å². The molecule has 25 heteroatoms. The lowest BCUT2D eigenvalue weighted by Gasteiger charge is -2.42. The van der Waals surface area contributed by atoms with Crippen LogP contribution in [0.15, 0.2) is 12.2 Å². The molecule has 25 nitrogen and oxygen atoms in total. The van der Waals surface area contributed by atoms with Gasteiger partial charge in [-0.15, -0.1) is 0 Å². The van der Waals surface area contributed by atoms with Gasteiger partial charge in [-0.2, -0.15) is 0 Å². The molecule has 14 atom stereocenters.